The van der Waals surface area contributed by atoms with E-state index >= 15 is 0 Å². The molecule has 0 aliphatic heterocycles. The van der Waals surface area contributed by atoms with E-state index in [2.05, 4.69) is 38.2 Å². The Hall–Kier alpha value is -2.19. The van der Waals surface area contributed by atoms with Gasteiger partial charge < -0.3 is 28.6 Å². The lowest BCUT2D eigenvalue weighted by atomic mass is 10.1. The maximum atomic E-state index is 12.6. The Morgan fingerprint density at radius 1 is 0.689 bits per heavy atom. The molecule has 8 nitrogen and oxygen atoms in total. The summed E-state index contributed by atoms with van der Waals surface area (Å²) in [5, 5.41) is 11.5. The molecule has 0 fully saturated rings. The van der Waals surface area contributed by atoms with Gasteiger partial charge in [0.1, 0.15) is 12.6 Å². The normalized spacial score (nSPS) is 13.4. The molecule has 0 heterocycles. The third-order valence-electron chi connectivity index (χ3n) is 7.85. The van der Waals surface area contributed by atoms with Crippen LogP contribution in [0.5, 0.6) is 0 Å². The van der Waals surface area contributed by atoms with Gasteiger partial charge in [-0.05, 0) is 38.5 Å². The lowest BCUT2D eigenvalue weighted by Crippen LogP contribution is -2.55. The molecule has 0 aromatic rings. The number of unbranched alkanes of at least 4 members (excludes halogenated alkanes) is 13. The fourth-order valence-corrected chi connectivity index (χ4v) is 5.05. The highest BCUT2D eigenvalue weighted by Gasteiger charge is 2.25. The van der Waals surface area contributed by atoms with Crippen LogP contribution in [0, 0.1) is 0 Å². The summed E-state index contributed by atoms with van der Waals surface area (Å²) < 4.78 is 17.0. The van der Waals surface area contributed by atoms with E-state index in [9.17, 15) is 19.5 Å². The van der Waals surface area contributed by atoms with Crippen molar-refractivity contribution in [3.05, 3.63) is 24.3 Å². The number of ether oxygens (including phenoxy) is 3. The number of allylic oxidation sites excluding steroid dienone is 4. The van der Waals surface area contributed by atoms with Crippen molar-refractivity contribution in [3.63, 3.8) is 0 Å². The predicted molar refractivity (Wildman–Crippen MR) is 180 cm³/mol. The molecule has 0 N–H and O–H groups in total. The molecule has 0 aromatic heterocycles. The third-order valence-corrected chi connectivity index (χ3v) is 7.85. The van der Waals surface area contributed by atoms with Crippen LogP contribution in [-0.2, 0) is 28.6 Å². The number of hydrogen-bond donors (Lipinski definition) is 0. The summed E-state index contributed by atoms with van der Waals surface area (Å²) in [5.41, 5.74) is 0. The van der Waals surface area contributed by atoms with E-state index in [-0.39, 0.29) is 42.7 Å². The van der Waals surface area contributed by atoms with Crippen molar-refractivity contribution in [2.75, 3.05) is 41.0 Å². The van der Waals surface area contributed by atoms with Gasteiger partial charge in [-0.15, -0.1) is 0 Å². The molecule has 45 heavy (non-hydrogen) atoms. The summed E-state index contributed by atoms with van der Waals surface area (Å²) in [6, 6.07) is -0.723. The van der Waals surface area contributed by atoms with Crippen LogP contribution in [0.4, 0.5) is 0 Å². The molecule has 0 saturated carbocycles. The van der Waals surface area contributed by atoms with Crippen LogP contribution in [0.2, 0.25) is 0 Å². The van der Waals surface area contributed by atoms with Gasteiger partial charge in [-0.3, -0.25) is 9.59 Å². The zero-order chi connectivity index (χ0) is 33.6. The van der Waals surface area contributed by atoms with E-state index in [1.54, 1.807) is 21.1 Å². The minimum absolute atomic E-state index is 0.0374. The molecule has 0 saturated heterocycles. The number of nitrogens with zero attached hydrogens (tertiary/aromatic N) is 1. The van der Waals surface area contributed by atoms with Gasteiger partial charge in [0.25, 0.3) is 0 Å². The molecule has 0 spiro atoms. The van der Waals surface area contributed by atoms with Crippen LogP contribution in [0.25, 0.3) is 0 Å². The first-order valence-corrected chi connectivity index (χ1v) is 17.9. The number of rotatable bonds is 31. The molecule has 0 amide bonds. The molecule has 0 aliphatic carbocycles. The van der Waals surface area contributed by atoms with Crippen molar-refractivity contribution in [2.45, 2.75) is 154 Å². The first-order chi connectivity index (χ1) is 21.6. The summed E-state index contributed by atoms with van der Waals surface area (Å²) in [6.07, 6.45) is 27.8. The number of carbonyl (C=O) groups is 3. The summed E-state index contributed by atoms with van der Waals surface area (Å²) >= 11 is 0. The summed E-state index contributed by atoms with van der Waals surface area (Å²) in [6.45, 7) is 4.49. The molecular formula is C37H67NO7. The van der Waals surface area contributed by atoms with Crippen LogP contribution in [-0.4, -0.2) is 75.5 Å². The third kappa shape index (κ3) is 27.8. The predicted octanol–water partition coefficient (Wildman–Crippen LogP) is 7.24. The standard InChI is InChI=1S/C37H67NO7/c1-6-8-10-12-14-16-17-18-20-22-24-26-28-36(40)45-33(31-43-30-29-34(37(41)42)38(3,4)5)32-44-35(39)27-25-23-21-19-15-13-11-9-7-2/h8,10,14,16,33-34H,6-7,9,11-13,15,17-32H2,1-5H3/b10-8+,16-14+. The van der Waals surface area contributed by atoms with E-state index < -0.39 is 18.1 Å². The molecule has 262 valence electrons. The summed E-state index contributed by atoms with van der Waals surface area (Å²) in [5.74, 6) is -1.76. The molecule has 0 radical (unpaired) electrons. The van der Waals surface area contributed by atoms with Gasteiger partial charge in [-0.25, -0.2) is 0 Å². The Kier molecular flexibility index (Phi) is 27.8. The zero-order valence-corrected chi connectivity index (χ0v) is 29.5. The number of quaternary nitrogens is 1. The highest BCUT2D eigenvalue weighted by Crippen LogP contribution is 2.13. The van der Waals surface area contributed by atoms with E-state index in [0.29, 0.717) is 12.8 Å². The van der Waals surface area contributed by atoms with Crippen molar-refractivity contribution < 1.29 is 38.2 Å². The van der Waals surface area contributed by atoms with Gasteiger partial charge in [0, 0.05) is 19.3 Å². The number of esters is 2. The summed E-state index contributed by atoms with van der Waals surface area (Å²) in [4.78, 5) is 36.5. The molecular weight excluding hydrogens is 570 g/mol. The number of aliphatic carboxylic acids is 1. The highest BCUT2D eigenvalue weighted by atomic mass is 16.6. The smallest absolute Gasteiger partial charge is 0.306 e. The zero-order valence-electron chi connectivity index (χ0n) is 29.5. The van der Waals surface area contributed by atoms with Crippen LogP contribution in [0.1, 0.15) is 142 Å². The topological polar surface area (TPSA) is 102 Å². The van der Waals surface area contributed by atoms with Crippen LogP contribution >= 0.6 is 0 Å². The Morgan fingerprint density at radius 2 is 1.24 bits per heavy atom. The van der Waals surface area contributed by atoms with E-state index in [4.69, 9.17) is 14.2 Å². The first-order valence-electron chi connectivity index (χ1n) is 17.9. The van der Waals surface area contributed by atoms with Crippen molar-refractivity contribution in [3.8, 4) is 0 Å². The molecule has 0 rings (SSSR count). The maximum absolute atomic E-state index is 12.6. The number of carboxylic acid groups (broad SMARTS) is 1. The Morgan fingerprint density at radius 3 is 1.82 bits per heavy atom. The average molecular weight is 638 g/mol. The van der Waals surface area contributed by atoms with Gasteiger partial charge in [0.2, 0.25) is 0 Å². The Bertz CT molecular complexity index is 803. The minimum Gasteiger partial charge on any atom is -0.544 e. The largest absolute Gasteiger partial charge is 0.544 e. The van der Waals surface area contributed by atoms with Crippen molar-refractivity contribution >= 4 is 17.9 Å². The molecule has 8 heteroatoms. The van der Waals surface area contributed by atoms with E-state index in [1.165, 1.54) is 38.5 Å². The van der Waals surface area contributed by atoms with E-state index in [1.807, 2.05) is 0 Å². The second kappa shape index (κ2) is 29.2. The van der Waals surface area contributed by atoms with Gasteiger partial charge >= 0.3 is 11.9 Å². The SMILES string of the molecule is CC/C=C/C/C=C/CCCCCCCC(=O)OC(COCCC(C(=O)[O-])[N+](C)(C)C)COC(=O)CCCCCCCCCCC. The Balaban J connectivity index is 4.48. The second-order valence-corrected chi connectivity index (χ2v) is 13.1. The minimum atomic E-state index is -1.13. The fourth-order valence-electron chi connectivity index (χ4n) is 5.05. The molecule has 2 atom stereocenters. The van der Waals surface area contributed by atoms with Crippen LogP contribution in [0.3, 0.4) is 0 Å². The highest BCUT2D eigenvalue weighted by molar-refractivity contribution is 5.70. The number of carbonyl (C=O) groups excluding carboxylic acids is 3. The van der Waals surface area contributed by atoms with Crippen molar-refractivity contribution in [1.82, 2.24) is 0 Å². The van der Waals surface area contributed by atoms with Crippen molar-refractivity contribution in [1.29, 1.82) is 0 Å². The van der Waals surface area contributed by atoms with Gasteiger partial charge in [-0.2, -0.15) is 0 Å². The molecule has 0 bridgehead atoms. The lowest BCUT2D eigenvalue weighted by molar-refractivity contribution is -0.889. The van der Waals surface area contributed by atoms with Gasteiger partial charge in [-0.1, -0.05) is 109 Å². The monoisotopic (exact) mass is 637 g/mol. The molecule has 0 aliphatic rings. The fraction of sp³-hybridized carbons (Fsp3) is 0.811. The van der Waals surface area contributed by atoms with Crippen LogP contribution < -0.4 is 5.11 Å². The van der Waals surface area contributed by atoms with E-state index in [0.717, 1.165) is 70.6 Å². The van der Waals surface area contributed by atoms with Gasteiger partial charge in [0.05, 0.1) is 40.3 Å². The Labute approximate surface area is 275 Å². The molecule has 0 aromatic carbocycles. The quantitative estimate of drug-likeness (QED) is 0.0342. The summed E-state index contributed by atoms with van der Waals surface area (Å²) in [7, 11) is 5.38. The maximum Gasteiger partial charge on any atom is 0.306 e. The second-order valence-electron chi connectivity index (χ2n) is 13.1. The van der Waals surface area contributed by atoms with Crippen LogP contribution in [0.15, 0.2) is 24.3 Å². The first kappa shape index (κ1) is 42.8. The average Bonchev–Trinajstić information content (AvgIpc) is 2.98. The number of likely N-dealkylation sites (N-methyl/N-ethyl adjacent to an activating group) is 1. The molecule has 2 unspecified atom stereocenters. The number of hydrogen-bond acceptors (Lipinski definition) is 7. The van der Waals surface area contributed by atoms with Crippen molar-refractivity contribution in [2.24, 2.45) is 0 Å². The number of carboxylic acids is 1. The van der Waals surface area contributed by atoms with Gasteiger partial charge in [0.15, 0.2) is 6.10 Å². The lowest BCUT2D eigenvalue weighted by Gasteiger charge is -2.34.